The lowest BCUT2D eigenvalue weighted by atomic mass is 9.99. The third kappa shape index (κ3) is 36.7. The minimum absolute atomic E-state index is 0.197. The Bertz CT molecular complexity index is 1370. The van der Waals surface area contributed by atoms with Gasteiger partial charge in [0.1, 0.15) is 24.4 Å². The van der Waals surface area contributed by atoms with Gasteiger partial charge in [0, 0.05) is 6.42 Å². The third-order valence-electron chi connectivity index (χ3n) is 12.1. The summed E-state index contributed by atoms with van der Waals surface area (Å²) in [6, 6.07) is -0.834. The summed E-state index contributed by atoms with van der Waals surface area (Å²) < 4.78 is 11.2. The van der Waals surface area contributed by atoms with E-state index < -0.39 is 49.5 Å². The summed E-state index contributed by atoms with van der Waals surface area (Å²) in [7, 11) is 0. The molecule has 1 heterocycles. The van der Waals surface area contributed by atoms with E-state index in [2.05, 4.69) is 104 Å². The van der Waals surface area contributed by atoms with E-state index in [4.69, 9.17) is 9.47 Å². The van der Waals surface area contributed by atoms with Gasteiger partial charge in [-0.05, 0) is 89.9 Å². The van der Waals surface area contributed by atoms with Crippen molar-refractivity contribution in [2.24, 2.45) is 0 Å². The third-order valence-corrected chi connectivity index (χ3v) is 12.1. The summed E-state index contributed by atoms with van der Waals surface area (Å²) in [6.45, 7) is 3.62. The SMILES string of the molecule is CC/C=C\C/C=C\C/C=C\C/C=C\C/C=C\CCCCCCCCCCCCCCCC(=O)NC(COC1OC(CO)C(O)C(O)C1O)C(O)/C=C/CC/C=C/CC/C=C/CCCCCCC. The molecule has 0 aromatic carbocycles. The zero-order valence-electron chi connectivity index (χ0n) is 42.4. The first-order valence-electron chi connectivity index (χ1n) is 27.0. The molecular formula is C58H99NO8. The van der Waals surface area contributed by atoms with E-state index in [1.165, 1.54) is 103 Å². The fourth-order valence-corrected chi connectivity index (χ4v) is 7.86. The van der Waals surface area contributed by atoms with Crippen molar-refractivity contribution < 1.29 is 39.8 Å². The predicted molar refractivity (Wildman–Crippen MR) is 281 cm³/mol. The number of amides is 1. The van der Waals surface area contributed by atoms with Gasteiger partial charge in [-0.1, -0.05) is 207 Å². The molecule has 9 nitrogen and oxygen atoms in total. The van der Waals surface area contributed by atoms with E-state index in [1.807, 2.05) is 6.08 Å². The highest BCUT2D eigenvalue weighted by atomic mass is 16.7. The zero-order valence-corrected chi connectivity index (χ0v) is 42.4. The first-order valence-corrected chi connectivity index (χ1v) is 27.0. The van der Waals surface area contributed by atoms with E-state index in [9.17, 15) is 30.3 Å². The number of rotatable bonds is 44. The lowest BCUT2D eigenvalue weighted by Crippen LogP contribution is -2.60. The summed E-state index contributed by atoms with van der Waals surface area (Å²) >= 11 is 0. The van der Waals surface area contributed by atoms with E-state index >= 15 is 0 Å². The molecule has 0 aromatic rings. The largest absolute Gasteiger partial charge is 0.394 e. The molecule has 0 spiro atoms. The van der Waals surface area contributed by atoms with Crippen LogP contribution < -0.4 is 5.32 Å². The van der Waals surface area contributed by atoms with E-state index in [0.29, 0.717) is 6.42 Å². The molecule has 1 fully saturated rings. The van der Waals surface area contributed by atoms with E-state index in [-0.39, 0.29) is 12.5 Å². The van der Waals surface area contributed by atoms with Gasteiger partial charge in [0.05, 0.1) is 25.4 Å². The van der Waals surface area contributed by atoms with Gasteiger partial charge in [-0.2, -0.15) is 0 Å². The average Bonchev–Trinajstić information content (AvgIpc) is 3.33. The Kier molecular flexibility index (Phi) is 43.4. The number of nitrogens with one attached hydrogen (secondary N) is 1. The molecule has 6 N–H and O–H groups in total. The molecule has 0 radical (unpaired) electrons. The molecular weight excluding hydrogens is 839 g/mol. The Labute approximate surface area is 409 Å². The van der Waals surface area contributed by atoms with Crippen molar-refractivity contribution in [2.45, 2.75) is 249 Å². The summed E-state index contributed by atoms with van der Waals surface area (Å²) in [5, 5.41) is 54.3. The fourth-order valence-electron chi connectivity index (χ4n) is 7.86. The van der Waals surface area contributed by atoms with E-state index in [1.54, 1.807) is 6.08 Å². The summed E-state index contributed by atoms with van der Waals surface area (Å²) in [5.41, 5.74) is 0. The van der Waals surface area contributed by atoms with Crippen LogP contribution in [-0.2, 0) is 14.3 Å². The monoisotopic (exact) mass is 938 g/mol. The standard InChI is InChI=1S/C58H99NO8/c1-3-5-7-9-11-13-15-17-19-20-21-22-23-24-25-26-27-28-29-30-31-32-34-36-38-40-42-44-46-48-54(62)59-51(50-66-58-57(65)56(64)55(63)53(49-60)67-58)52(61)47-45-43-41-39-37-35-33-18-16-14-12-10-8-6-4-2/h5,7,11,13,16-19,21-22,24-25,37,39,45,47,51-53,55-58,60-61,63-65H,3-4,6,8-10,12,14-15,20,23,26-36,38,40-44,46,48-50H2,1-2H3,(H,59,62)/b7-5-,13-11-,18-16+,19-17-,22-21-,25-24-,39-37+,47-45+. The lowest BCUT2D eigenvalue weighted by Gasteiger charge is -2.40. The normalized spacial score (nSPS) is 20.5. The smallest absolute Gasteiger partial charge is 0.220 e. The van der Waals surface area contributed by atoms with Gasteiger partial charge in [0.2, 0.25) is 5.91 Å². The molecule has 1 amide bonds. The van der Waals surface area contributed by atoms with Crippen LogP contribution >= 0.6 is 0 Å². The molecule has 7 unspecified atom stereocenters. The number of aliphatic hydroxyl groups is 5. The first kappa shape index (κ1) is 62.1. The highest BCUT2D eigenvalue weighted by Gasteiger charge is 2.44. The highest BCUT2D eigenvalue weighted by molar-refractivity contribution is 5.76. The van der Waals surface area contributed by atoms with Gasteiger partial charge in [-0.25, -0.2) is 0 Å². The van der Waals surface area contributed by atoms with Crippen molar-refractivity contribution in [3.05, 3.63) is 97.2 Å². The fraction of sp³-hybridized carbons (Fsp3) is 0.707. The molecule has 1 aliphatic heterocycles. The topological polar surface area (TPSA) is 149 Å². The summed E-state index contributed by atoms with van der Waals surface area (Å²) in [6.07, 6.45) is 60.3. The maximum atomic E-state index is 13.0. The van der Waals surface area contributed by atoms with Crippen LogP contribution in [0.3, 0.4) is 0 Å². The van der Waals surface area contributed by atoms with Gasteiger partial charge < -0.3 is 40.3 Å². The van der Waals surface area contributed by atoms with Crippen LogP contribution in [0.25, 0.3) is 0 Å². The molecule has 384 valence electrons. The molecule has 0 saturated carbocycles. The number of unbranched alkanes of at least 4 members (excludes halogenated alkanes) is 20. The van der Waals surface area contributed by atoms with Crippen molar-refractivity contribution in [3.63, 3.8) is 0 Å². The number of carbonyl (C=O) groups is 1. The van der Waals surface area contributed by atoms with E-state index in [0.717, 1.165) is 83.5 Å². The molecule has 0 aromatic heterocycles. The number of hydrogen-bond donors (Lipinski definition) is 6. The van der Waals surface area contributed by atoms with Gasteiger partial charge in [0.25, 0.3) is 0 Å². The van der Waals surface area contributed by atoms with Crippen molar-refractivity contribution in [1.82, 2.24) is 5.32 Å². The lowest BCUT2D eigenvalue weighted by molar-refractivity contribution is -0.302. The molecule has 1 saturated heterocycles. The summed E-state index contributed by atoms with van der Waals surface area (Å²) in [5.74, 6) is -0.197. The average molecular weight is 938 g/mol. The Morgan fingerprint density at radius 2 is 0.940 bits per heavy atom. The Morgan fingerprint density at radius 3 is 1.43 bits per heavy atom. The van der Waals surface area contributed by atoms with Gasteiger partial charge in [0.15, 0.2) is 6.29 Å². The Hall–Kier alpha value is -2.89. The summed E-state index contributed by atoms with van der Waals surface area (Å²) in [4.78, 5) is 13.0. The molecule has 1 aliphatic rings. The van der Waals surface area contributed by atoms with Crippen molar-refractivity contribution in [1.29, 1.82) is 0 Å². The number of aliphatic hydroxyl groups excluding tert-OH is 5. The minimum atomic E-state index is -1.58. The van der Waals surface area contributed by atoms with Crippen LogP contribution in [0.4, 0.5) is 0 Å². The molecule has 0 bridgehead atoms. The number of hydrogen-bond acceptors (Lipinski definition) is 8. The molecule has 7 atom stereocenters. The van der Waals surface area contributed by atoms with Crippen LogP contribution in [0.2, 0.25) is 0 Å². The second-order valence-corrected chi connectivity index (χ2v) is 18.3. The molecule has 67 heavy (non-hydrogen) atoms. The van der Waals surface area contributed by atoms with Gasteiger partial charge >= 0.3 is 0 Å². The second-order valence-electron chi connectivity index (χ2n) is 18.3. The van der Waals surface area contributed by atoms with Gasteiger partial charge in [-0.3, -0.25) is 4.79 Å². The second kappa shape index (κ2) is 46.8. The zero-order chi connectivity index (χ0) is 48.7. The number of allylic oxidation sites excluding steroid dienone is 15. The Morgan fingerprint density at radius 1 is 0.522 bits per heavy atom. The van der Waals surface area contributed by atoms with Crippen LogP contribution in [0.15, 0.2) is 97.2 Å². The van der Waals surface area contributed by atoms with Crippen molar-refractivity contribution in [2.75, 3.05) is 13.2 Å². The maximum absolute atomic E-state index is 13.0. The molecule has 0 aliphatic carbocycles. The van der Waals surface area contributed by atoms with Crippen LogP contribution in [0.1, 0.15) is 206 Å². The van der Waals surface area contributed by atoms with Crippen LogP contribution in [0, 0.1) is 0 Å². The van der Waals surface area contributed by atoms with Crippen LogP contribution in [-0.4, -0.2) is 87.5 Å². The molecule has 9 heteroatoms. The first-order chi connectivity index (χ1) is 32.8. The predicted octanol–water partition coefficient (Wildman–Crippen LogP) is 12.8. The maximum Gasteiger partial charge on any atom is 0.220 e. The van der Waals surface area contributed by atoms with Crippen molar-refractivity contribution >= 4 is 5.91 Å². The Balaban J connectivity index is 2.24. The van der Waals surface area contributed by atoms with Crippen LogP contribution in [0.5, 0.6) is 0 Å². The highest BCUT2D eigenvalue weighted by Crippen LogP contribution is 2.22. The van der Waals surface area contributed by atoms with Gasteiger partial charge in [-0.15, -0.1) is 0 Å². The quantitative estimate of drug-likeness (QED) is 0.0261. The minimum Gasteiger partial charge on any atom is -0.394 e. The van der Waals surface area contributed by atoms with Crippen molar-refractivity contribution in [3.8, 4) is 0 Å². The number of carbonyl (C=O) groups excluding carboxylic acids is 1. The number of ether oxygens (including phenoxy) is 2. The molecule has 1 rings (SSSR count).